The van der Waals surface area contributed by atoms with Crippen molar-refractivity contribution in [3.63, 3.8) is 0 Å². The van der Waals surface area contributed by atoms with Crippen molar-refractivity contribution in [3.05, 3.63) is 34.9 Å². The lowest BCUT2D eigenvalue weighted by Gasteiger charge is -2.58. The van der Waals surface area contributed by atoms with Gasteiger partial charge < -0.3 is 19.8 Å². The zero-order valence-corrected chi connectivity index (χ0v) is 28.9. The molecule has 0 aromatic rings. The van der Waals surface area contributed by atoms with E-state index in [9.17, 15) is 15.0 Å². The lowest BCUT2D eigenvalue weighted by molar-refractivity contribution is -0.146. The highest BCUT2D eigenvalue weighted by atomic mass is 16.5. The van der Waals surface area contributed by atoms with Crippen LogP contribution in [0.3, 0.4) is 0 Å². The summed E-state index contributed by atoms with van der Waals surface area (Å²) in [6, 6.07) is 0. The van der Waals surface area contributed by atoms with E-state index in [1.807, 2.05) is 32.7 Å². The first-order chi connectivity index (χ1) is 21.2. The van der Waals surface area contributed by atoms with Crippen molar-refractivity contribution in [2.24, 2.45) is 62.7 Å². The zero-order chi connectivity index (χ0) is 32.6. The zero-order valence-electron chi connectivity index (χ0n) is 28.9. The molecule has 1 aliphatic heterocycles. The van der Waals surface area contributed by atoms with Crippen LogP contribution >= 0.6 is 0 Å². The Kier molecular flexibility index (Phi) is 9.29. The number of carboxylic acids is 1. The van der Waals surface area contributed by atoms with Gasteiger partial charge in [0.1, 0.15) is 0 Å². The summed E-state index contributed by atoms with van der Waals surface area (Å²) >= 11 is 0. The normalized spacial score (nSPS) is 40.2. The average Bonchev–Trinajstić information content (AvgIpc) is 3.85. The Morgan fingerprint density at radius 3 is 2.46 bits per heavy atom. The van der Waals surface area contributed by atoms with Gasteiger partial charge in [-0.2, -0.15) is 0 Å². The number of ether oxygens (including phenoxy) is 1. The number of aliphatic imine (C=N–C) groups is 1. The van der Waals surface area contributed by atoms with Crippen LogP contribution in [0.1, 0.15) is 109 Å². The predicted octanol–water partition coefficient (Wildman–Crippen LogP) is 7.91. The molecule has 2 N–H and O–H groups in total. The highest BCUT2D eigenvalue weighted by Gasteiger charge is 2.89. The number of allylic oxidation sites excluding steroid dienone is 1. The lowest BCUT2D eigenvalue weighted by Crippen LogP contribution is -2.56. The third kappa shape index (κ3) is 5.13. The minimum atomic E-state index is -0.807. The van der Waals surface area contributed by atoms with Crippen LogP contribution < -0.4 is 0 Å². The quantitative estimate of drug-likeness (QED) is 0.223. The van der Waals surface area contributed by atoms with E-state index < -0.39 is 11.4 Å². The molecule has 1 heterocycles. The third-order valence-corrected chi connectivity index (χ3v) is 14.2. The Morgan fingerprint density at radius 2 is 1.85 bits per heavy atom. The maximum Gasteiger partial charge on any atom is 0.331 e. The minimum Gasteiger partial charge on any atom is -0.478 e. The number of Topliss-reactive ketones (excluding diaryl/α,β-unsaturated/α-hetero) is 1. The maximum atomic E-state index is 15.0. The van der Waals surface area contributed by atoms with Crippen molar-refractivity contribution in [2.45, 2.75) is 113 Å². The van der Waals surface area contributed by atoms with Gasteiger partial charge in [0.05, 0.1) is 31.2 Å². The Morgan fingerprint density at radius 1 is 1.13 bits per heavy atom. The second-order valence-electron chi connectivity index (χ2n) is 16.4. The highest BCUT2D eigenvalue weighted by Crippen LogP contribution is 2.93. The molecule has 0 aromatic carbocycles. The van der Waals surface area contributed by atoms with Crippen LogP contribution in [-0.4, -0.2) is 58.9 Å². The molecule has 0 saturated heterocycles. The molecule has 0 aromatic heterocycles. The van der Waals surface area contributed by atoms with Crippen LogP contribution in [0.15, 0.2) is 39.9 Å². The Balaban J connectivity index is 0.00000250. The fraction of sp³-hybridized carbons (Fsp3) is 0.769. The van der Waals surface area contributed by atoms with Gasteiger partial charge in [-0.3, -0.25) is 9.79 Å². The molecule has 46 heavy (non-hydrogen) atoms. The number of ketones is 1. The summed E-state index contributed by atoms with van der Waals surface area (Å²) in [5.41, 5.74) is 2.83. The molecule has 0 bridgehead atoms. The van der Waals surface area contributed by atoms with Gasteiger partial charge in [-0.25, -0.2) is 4.79 Å². The van der Waals surface area contributed by atoms with Crippen LogP contribution in [-0.2, 0) is 14.3 Å². The number of fused-ring (bicyclic) bond motifs is 4. The molecular weight excluding hydrogens is 576 g/mol. The summed E-state index contributed by atoms with van der Waals surface area (Å²) < 4.78 is 5.93. The average molecular weight is 639 g/mol. The minimum absolute atomic E-state index is 0. The van der Waals surface area contributed by atoms with Crippen LogP contribution in [0, 0.1) is 57.7 Å². The monoisotopic (exact) mass is 638 g/mol. The summed E-state index contributed by atoms with van der Waals surface area (Å²) in [5.74, 6) is 4.20. The number of aliphatic hydroxyl groups is 1. The largest absolute Gasteiger partial charge is 0.478 e. The number of aliphatic carboxylic acids is 1. The van der Waals surface area contributed by atoms with Crippen molar-refractivity contribution in [2.75, 3.05) is 20.2 Å². The summed E-state index contributed by atoms with van der Waals surface area (Å²) in [6.07, 6.45) is 12.6. The van der Waals surface area contributed by atoms with Gasteiger partial charge in [0, 0.05) is 25.0 Å². The SMILES string of the molecule is C.C/C(CC[C@@H](C)[C@H]1CC[C@H]2[C@@H]3CC4C5CC45[C@](C)(C(=O)/C(=C\CO)C4=NC=C(OC(C)C)N(C)C4)[C@H]3CC[C@]12C)=C(\C)C(=O)O.[HH]. The second-order valence-corrected chi connectivity index (χ2v) is 16.4. The fourth-order valence-electron chi connectivity index (χ4n) is 11.5. The van der Waals surface area contributed by atoms with E-state index >= 15 is 4.79 Å². The Labute approximate surface area is 279 Å². The van der Waals surface area contributed by atoms with E-state index in [1.165, 1.54) is 25.7 Å². The molecule has 5 aliphatic carbocycles. The van der Waals surface area contributed by atoms with E-state index in [4.69, 9.17) is 9.73 Å². The highest BCUT2D eigenvalue weighted by molar-refractivity contribution is 6.25. The number of nitrogens with zero attached hydrogens (tertiary/aromatic N) is 2. The van der Waals surface area contributed by atoms with Crippen LogP contribution in [0.5, 0.6) is 0 Å². The number of carboxylic acid groups (broad SMARTS) is 1. The van der Waals surface area contributed by atoms with Gasteiger partial charge in [-0.15, -0.1) is 0 Å². The van der Waals surface area contributed by atoms with Gasteiger partial charge in [-0.05, 0) is 137 Å². The third-order valence-electron chi connectivity index (χ3n) is 14.2. The fourth-order valence-corrected chi connectivity index (χ4v) is 11.5. The molecule has 6 rings (SSSR count). The smallest absolute Gasteiger partial charge is 0.331 e. The van der Waals surface area contributed by atoms with Crippen molar-refractivity contribution < 1.29 is 26.0 Å². The number of rotatable bonds is 11. The van der Waals surface area contributed by atoms with E-state index in [0.717, 1.165) is 37.0 Å². The van der Waals surface area contributed by atoms with Gasteiger partial charge in [0.15, 0.2) is 5.78 Å². The molecule has 3 unspecified atom stereocenters. The summed E-state index contributed by atoms with van der Waals surface area (Å²) in [7, 11) is 1.97. The van der Waals surface area contributed by atoms with E-state index in [-0.39, 0.29) is 38.2 Å². The van der Waals surface area contributed by atoms with Gasteiger partial charge in [0.2, 0.25) is 5.88 Å². The molecule has 7 heteroatoms. The number of carbonyl (C=O) groups excluding carboxylic acids is 1. The van der Waals surface area contributed by atoms with Gasteiger partial charge in [-0.1, -0.05) is 33.8 Å². The summed E-state index contributed by atoms with van der Waals surface area (Å²) in [6.45, 7) is 15.3. The molecule has 5 fully saturated rings. The first-order valence-electron chi connectivity index (χ1n) is 17.6. The van der Waals surface area contributed by atoms with Crippen molar-refractivity contribution in [1.29, 1.82) is 0 Å². The molecule has 258 valence electrons. The first-order valence-corrected chi connectivity index (χ1v) is 17.6. The van der Waals surface area contributed by atoms with Gasteiger partial charge in [0.25, 0.3) is 0 Å². The number of hydrogen-bond donors (Lipinski definition) is 2. The topological polar surface area (TPSA) is 99.4 Å². The molecule has 0 radical (unpaired) electrons. The van der Waals surface area contributed by atoms with E-state index in [0.29, 0.717) is 65.0 Å². The summed E-state index contributed by atoms with van der Waals surface area (Å²) in [5, 5.41) is 19.6. The number of carbonyl (C=O) groups is 2. The standard InChI is InChI=1S/C38H56N2O5.CH4.H2/c1-21(2)45-33-19-39-32(20-40(33)8)25(14-16-41)34(42)37(7)29-13-15-36(6)27(23(4)10-9-22(3)24(5)35(43)44)11-12-28(36)26(29)17-30-31-18-38(30,31)37;;/h14,19,21,23,26-31,41H,9-13,15-18,20H2,1-8H3,(H,43,44);1H4;1H/b24-22-,25-14-;;/t23-,26+,27-,28+,29+,30?,31?,36-,37+,38?;;/m1../s1. The van der Waals surface area contributed by atoms with Crippen molar-refractivity contribution >= 4 is 17.5 Å². The molecule has 6 aliphatic rings. The Hall–Kier alpha value is -2.41. The van der Waals surface area contributed by atoms with Crippen LogP contribution in [0.2, 0.25) is 0 Å². The van der Waals surface area contributed by atoms with E-state index in [1.54, 1.807) is 19.2 Å². The van der Waals surface area contributed by atoms with Crippen LogP contribution in [0.4, 0.5) is 0 Å². The number of hydrogen-bond acceptors (Lipinski definition) is 6. The first kappa shape index (κ1) is 34.9. The molecule has 10 atom stereocenters. The van der Waals surface area contributed by atoms with Crippen molar-refractivity contribution in [1.82, 2.24) is 4.90 Å². The summed E-state index contributed by atoms with van der Waals surface area (Å²) in [4.78, 5) is 33.3. The molecular formula is C39H62N2O5. The van der Waals surface area contributed by atoms with Crippen molar-refractivity contribution in [3.8, 4) is 0 Å². The molecule has 7 nitrogen and oxygen atoms in total. The number of aliphatic hydroxyl groups excluding tert-OH is 1. The van der Waals surface area contributed by atoms with Gasteiger partial charge >= 0.3 is 5.97 Å². The predicted molar refractivity (Wildman–Crippen MR) is 185 cm³/mol. The van der Waals surface area contributed by atoms with Crippen LogP contribution in [0.25, 0.3) is 0 Å². The maximum absolute atomic E-state index is 15.0. The van der Waals surface area contributed by atoms with E-state index in [2.05, 4.69) is 20.8 Å². The molecule has 5 saturated carbocycles. The molecule has 1 spiro atoms. The second kappa shape index (κ2) is 12.2. The Bertz CT molecular complexity index is 1380. The lowest BCUT2D eigenvalue weighted by atomic mass is 9.45. The molecule has 0 amide bonds.